The Hall–Kier alpha value is -2.28. The zero-order chi connectivity index (χ0) is 15.0. The van der Waals surface area contributed by atoms with Crippen LogP contribution in [0.25, 0.3) is 0 Å². The molecule has 0 aliphatic rings. The number of ether oxygens (including phenoxy) is 1. The Morgan fingerprint density at radius 3 is 2.80 bits per heavy atom. The second-order valence-corrected chi connectivity index (χ2v) is 5.23. The van der Waals surface area contributed by atoms with Gasteiger partial charge < -0.3 is 14.8 Å². The van der Waals surface area contributed by atoms with E-state index < -0.39 is 11.7 Å². The van der Waals surface area contributed by atoms with E-state index in [-0.39, 0.29) is 6.42 Å². The van der Waals surface area contributed by atoms with E-state index in [2.05, 4.69) is 17.2 Å². The molecule has 0 saturated carbocycles. The molecule has 0 aromatic heterocycles. The molecule has 20 heavy (non-hydrogen) atoms. The standard InChI is InChI=1S/C16H19NO3/c1-16(2,3)20-15(19)17-12-14-9-6-8-13(11-14)7-4-5-10-18/h6,8-11H,5,12H2,1-3H3,(H,17,19). The van der Waals surface area contributed by atoms with Gasteiger partial charge in [0, 0.05) is 12.1 Å². The van der Waals surface area contributed by atoms with Gasteiger partial charge in [0.2, 0.25) is 0 Å². The Morgan fingerprint density at radius 2 is 2.15 bits per heavy atom. The number of carbonyl (C=O) groups excluding carboxylic acids is 2. The molecule has 106 valence electrons. The molecule has 0 aliphatic heterocycles. The molecule has 0 fully saturated rings. The van der Waals surface area contributed by atoms with Crippen molar-refractivity contribution in [3.63, 3.8) is 0 Å². The summed E-state index contributed by atoms with van der Waals surface area (Å²) in [6.07, 6.45) is 0.538. The van der Waals surface area contributed by atoms with E-state index in [0.717, 1.165) is 17.4 Å². The summed E-state index contributed by atoms with van der Waals surface area (Å²) in [6, 6.07) is 7.48. The van der Waals surface area contributed by atoms with Gasteiger partial charge in [0.1, 0.15) is 11.9 Å². The van der Waals surface area contributed by atoms with Crippen LogP contribution in [0.4, 0.5) is 4.79 Å². The molecule has 0 radical (unpaired) electrons. The zero-order valence-electron chi connectivity index (χ0n) is 12.0. The van der Waals surface area contributed by atoms with E-state index in [1.165, 1.54) is 0 Å². The van der Waals surface area contributed by atoms with Gasteiger partial charge in [0.05, 0.1) is 6.42 Å². The highest BCUT2D eigenvalue weighted by atomic mass is 16.6. The minimum atomic E-state index is -0.508. The molecule has 0 heterocycles. The van der Waals surface area contributed by atoms with Crippen LogP contribution < -0.4 is 5.32 Å². The average Bonchev–Trinajstić information content (AvgIpc) is 2.35. The Balaban J connectivity index is 2.57. The van der Waals surface area contributed by atoms with Crippen molar-refractivity contribution in [2.75, 3.05) is 0 Å². The summed E-state index contributed by atoms with van der Waals surface area (Å²) in [5.74, 6) is 5.63. The molecule has 1 aromatic rings. The van der Waals surface area contributed by atoms with Crippen LogP contribution in [0.3, 0.4) is 0 Å². The summed E-state index contributed by atoms with van der Waals surface area (Å²) in [7, 11) is 0. The first-order valence-electron chi connectivity index (χ1n) is 6.39. The van der Waals surface area contributed by atoms with Crippen molar-refractivity contribution in [3.8, 4) is 11.8 Å². The molecule has 4 nitrogen and oxygen atoms in total. The van der Waals surface area contributed by atoms with E-state index in [9.17, 15) is 9.59 Å². The van der Waals surface area contributed by atoms with Crippen LogP contribution in [-0.2, 0) is 16.1 Å². The lowest BCUT2D eigenvalue weighted by molar-refractivity contribution is -0.107. The molecule has 0 bridgehead atoms. The van der Waals surface area contributed by atoms with Crippen molar-refractivity contribution in [3.05, 3.63) is 35.4 Å². The van der Waals surface area contributed by atoms with Crippen molar-refractivity contribution in [1.29, 1.82) is 0 Å². The highest BCUT2D eigenvalue weighted by Crippen LogP contribution is 2.08. The quantitative estimate of drug-likeness (QED) is 0.680. The second-order valence-electron chi connectivity index (χ2n) is 5.23. The lowest BCUT2D eigenvalue weighted by Gasteiger charge is -2.19. The van der Waals surface area contributed by atoms with Crippen LogP contribution in [-0.4, -0.2) is 18.0 Å². The number of carbonyl (C=O) groups is 2. The number of benzene rings is 1. The van der Waals surface area contributed by atoms with Crippen LogP contribution >= 0.6 is 0 Å². The van der Waals surface area contributed by atoms with Gasteiger partial charge in [0.25, 0.3) is 0 Å². The minimum absolute atomic E-state index is 0.223. The third kappa shape index (κ3) is 6.60. The molecule has 0 atom stereocenters. The molecular weight excluding hydrogens is 254 g/mol. The fourth-order valence-corrected chi connectivity index (χ4v) is 1.44. The molecule has 0 spiro atoms. The third-order valence-electron chi connectivity index (χ3n) is 2.18. The molecule has 4 heteroatoms. The SMILES string of the molecule is CC(C)(C)OC(=O)NCc1cccc(C#CCC=O)c1. The van der Waals surface area contributed by atoms with E-state index in [0.29, 0.717) is 6.54 Å². The summed E-state index contributed by atoms with van der Waals surface area (Å²) in [5, 5.41) is 2.68. The van der Waals surface area contributed by atoms with Crippen LogP contribution in [0, 0.1) is 11.8 Å². The Bertz CT molecular complexity index is 533. The van der Waals surface area contributed by atoms with Crippen molar-refractivity contribution in [2.45, 2.75) is 39.3 Å². The van der Waals surface area contributed by atoms with Crippen LogP contribution in [0.15, 0.2) is 24.3 Å². The summed E-state index contributed by atoms with van der Waals surface area (Å²) < 4.78 is 5.15. The molecule has 1 rings (SSSR count). The molecule has 0 unspecified atom stereocenters. The number of hydrogen-bond donors (Lipinski definition) is 1. The Labute approximate surface area is 119 Å². The summed E-state index contributed by atoms with van der Waals surface area (Å²) >= 11 is 0. The van der Waals surface area contributed by atoms with Gasteiger partial charge >= 0.3 is 6.09 Å². The topological polar surface area (TPSA) is 55.4 Å². The first-order chi connectivity index (χ1) is 9.40. The molecular formula is C16H19NO3. The van der Waals surface area contributed by atoms with E-state index in [1.54, 1.807) is 0 Å². The zero-order valence-corrected chi connectivity index (χ0v) is 12.0. The van der Waals surface area contributed by atoms with Crippen molar-refractivity contribution >= 4 is 12.4 Å². The monoisotopic (exact) mass is 273 g/mol. The smallest absolute Gasteiger partial charge is 0.407 e. The van der Waals surface area contributed by atoms with Crippen LogP contribution in [0.2, 0.25) is 0 Å². The van der Waals surface area contributed by atoms with E-state index in [4.69, 9.17) is 4.74 Å². The number of aldehydes is 1. The lowest BCUT2D eigenvalue weighted by atomic mass is 10.1. The Morgan fingerprint density at radius 1 is 1.40 bits per heavy atom. The number of hydrogen-bond acceptors (Lipinski definition) is 3. The Kier molecular flexibility index (Phi) is 5.79. The number of amides is 1. The van der Waals surface area contributed by atoms with Gasteiger partial charge in [-0.2, -0.15) is 0 Å². The average molecular weight is 273 g/mol. The van der Waals surface area contributed by atoms with Gasteiger partial charge in [-0.1, -0.05) is 24.0 Å². The van der Waals surface area contributed by atoms with Gasteiger partial charge in [-0.05, 0) is 38.5 Å². The van der Waals surface area contributed by atoms with Crippen LogP contribution in [0.5, 0.6) is 0 Å². The summed E-state index contributed by atoms with van der Waals surface area (Å²) in [6.45, 7) is 5.82. The largest absolute Gasteiger partial charge is 0.444 e. The summed E-state index contributed by atoms with van der Waals surface area (Å²) in [5.41, 5.74) is 1.23. The normalized spacial score (nSPS) is 10.2. The fraction of sp³-hybridized carbons (Fsp3) is 0.375. The maximum Gasteiger partial charge on any atom is 0.407 e. The highest BCUT2D eigenvalue weighted by molar-refractivity contribution is 5.67. The molecule has 1 aromatic carbocycles. The number of rotatable bonds is 3. The molecule has 0 saturated heterocycles. The first kappa shape index (κ1) is 15.8. The van der Waals surface area contributed by atoms with Gasteiger partial charge in [-0.15, -0.1) is 0 Å². The molecule has 1 amide bonds. The van der Waals surface area contributed by atoms with Gasteiger partial charge in [0.15, 0.2) is 0 Å². The van der Waals surface area contributed by atoms with Gasteiger partial charge in [-0.3, -0.25) is 0 Å². The van der Waals surface area contributed by atoms with E-state index >= 15 is 0 Å². The minimum Gasteiger partial charge on any atom is -0.444 e. The fourth-order valence-electron chi connectivity index (χ4n) is 1.44. The number of nitrogens with one attached hydrogen (secondary N) is 1. The van der Waals surface area contributed by atoms with Crippen molar-refractivity contribution in [2.24, 2.45) is 0 Å². The first-order valence-corrected chi connectivity index (χ1v) is 6.39. The lowest BCUT2D eigenvalue weighted by Crippen LogP contribution is -2.32. The summed E-state index contributed by atoms with van der Waals surface area (Å²) in [4.78, 5) is 21.7. The molecule has 0 aliphatic carbocycles. The maximum atomic E-state index is 11.5. The predicted molar refractivity (Wildman–Crippen MR) is 77.1 cm³/mol. The predicted octanol–water partition coefficient (Wildman–Crippen LogP) is 2.65. The number of alkyl carbamates (subject to hydrolysis) is 1. The third-order valence-corrected chi connectivity index (χ3v) is 2.18. The maximum absolute atomic E-state index is 11.5. The highest BCUT2D eigenvalue weighted by Gasteiger charge is 2.15. The van der Waals surface area contributed by atoms with Crippen molar-refractivity contribution < 1.29 is 14.3 Å². The van der Waals surface area contributed by atoms with Gasteiger partial charge in [-0.25, -0.2) is 4.79 Å². The second kappa shape index (κ2) is 7.34. The molecule has 1 N–H and O–H groups in total. The van der Waals surface area contributed by atoms with Crippen molar-refractivity contribution in [1.82, 2.24) is 5.32 Å². The van der Waals surface area contributed by atoms with Crippen LogP contribution in [0.1, 0.15) is 38.3 Å². The van der Waals surface area contributed by atoms with E-state index in [1.807, 2.05) is 45.0 Å².